The Hall–Kier alpha value is -5.85. The van der Waals surface area contributed by atoms with Crippen LogP contribution in [0.4, 0.5) is 0 Å². The zero-order valence-corrected chi connectivity index (χ0v) is 25.1. The predicted octanol–water partition coefficient (Wildman–Crippen LogP) is 10.5. The molecule has 0 unspecified atom stereocenters. The molecule has 1 aliphatic rings. The lowest BCUT2D eigenvalue weighted by molar-refractivity contribution is 1.00. The van der Waals surface area contributed by atoms with Crippen molar-refractivity contribution in [2.45, 2.75) is 19.8 Å². The fourth-order valence-electron chi connectivity index (χ4n) is 6.04. The maximum atomic E-state index is 9.23. The molecule has 7 rings (SSSR count). The standard InChI is InChI=1S/C42H31N3/c1-29-16-27-40(33-10-4-2-5-11-33)44-42(35-12-6-3-7-13-35)45-41(29)34-23-21-32(22-24-34)37-26-25-36(38-14-8-9-15-39(37)38)31-19-17-30(28-43)18-20-31/h2-15,17-26H,16,27H2,1H3/b41-29-,44-40?,45-42?. The van der Waals surface area contributed by atoms with Gasteiger partial charge in [-0.15, -0.1) is 0 Å². The first-order valence-electron chi connectivity index (χ1n) is 15.3. The van der Waals surface area contributed by atoms with E-state index in [0.717, 1.165) is 63.5 Å². The van der Waals surface area contributed by atoms with Gasteiger partial charge >= 0.3 is 0 Å². The van der Waals surface area contributed by atoms with Crippen LogP contribution in [0.25, 0.3) is 38.7 Å². The number of fused-ring (bicyclic) bond motifs is 1. The Balaban J connectivity index is 1.28. The van der Waals surface area contributed by atoms with Gasteiger partial charge in [0.2, 0.25) is 0 Å². The zero-order valence-electron chi connectivity index (χ0n) is 25.1. The lowest BCUT2D eigenvalue weighted by atomic mass is 9.91. The quantitative estimate of drug-likeness (QED) is 0.201. The van der Waals surface area contributed by atoms with Crippen molar-refractivity contribution in [2.75, 3.05) is 0 Å². The van der Waals surface area contributed by atoms with Gasteiger partial charge in [-0.25, -0.2) is 9.98 Å². The number of aliphatic imine (C=N–C) groups is 2. The van der Waals surface area contributed by atoms with E-state index in [2.05, 4.69) is 110 Å². The van der Waals surface area contributed by atoms with Crippen LogP contribution in [0.1, 0.15) is 42.0 Å². The molecule has 45 heavy (non-hydrogen) atoms. The van der Waals surface area contributed by atoms with Gasteiger partial charge in [0, 0.05) is 11.1 Å². The van der Waals surface area contributed by atoms with Crippen molar-refractivity contribution in [3.05, 3.63) is 173 Å². The third kappa shape index (κ3) is 5.75. The van der Waals surface area contributed by atoms with Crippen molar-refractivity contribution < 1.29 is 0 Å². The lowest BCUT2D eigenvalue weighted by Crippen LogP contribution is -2.10. The van der Waals surface area contributed by atoms with Crippen molar-refractivity contribution >= 4 is 28.0 Å². The second-order valence-corrected chi connectivity index (χ2v) is 11.3. The summed E-state index contributed by atoms with van der Waals surface area (Å²) in [6.07, 6.45) is 1.73. The predicted molar refractivity (Wildman–Crippen MR) is 187 cm³/mol. The molecule has 0 bridgehead atoms. The van der Waals surface area contributed by atoms with Gasteiger partial charge in [-0.2, -0.15) is 5.26 Å². The molecule has 0 aliphatic carbocycles. The fraction of sp³-hybridized carbons (Fsp3) is 0.0714. The van der Waals surface area contributed by atoms with Gasteiger partial charge in [0.25, 0.3) is 0 Å². The topological polar surface area (TPSA) is 48.5 Å². The third-order valence-electron chi connectivity index (χ3n) is 8.46. The van der Waals surface area contributed by atoms with Crippen LogP contribution >= 0.6 is 0 Å². The minimum absolute atomic E-state index is 0.665. The number of benzene rings is 6. The van der Waals surface area contributed by atoms with Crippen LogP contribution in [-0.2, 0) is 0 Å². The highest BCUT2D eigenvalue weighted by Crippen LogP contribution is 2.37. The smallest absolute Gasteiger partial charge is 0.160 e. The van der Waals surface area contributed by atoms with E-state index in [4.69, 9.17) is 9.98 Å². The van der Waals surface area contributed by atoms with Crippen LogP contribution in [0, 0.1) is 11.3 Å². The first kappa shape index (κ1) is 28.0. The Labute approximate surface area is 264 Å². The number of allylic oxidation sites excluding steroid dienone is 1. The summed E-state index contributed by atoms with van der Waals surface area (Å²) in [6.45, 7) is 2.19. The Morgan fingerprint density at radius 1 is 0.489 bits per heavy atom. The fourth-order valence-corrected chi connectivity index (χ4v) is 6.04. The molecule has 0 saturated carbocycles. The number of nitrogens with zero attached hydrogens (tertiary/aromatic N) is 3. The maximum absolute atomic E-state index is 9.23. The molecule has 3 heteroatoms. The molecule has 0 saturated heterocycles. The van der Waals surface area contributed by atoms with Crippen LogP contribution < -0.4 is 0 Å². The van der Waals surface area contributed by atoms with E-state index in [1.807, 2.05) is 48.5 Å². The Bertz CT molecular complexity index is 2130. The largest absolute Gasteiger partial charge is 0.232 e. The monoisotopic (exact) mass is 577 g/mol. The van der Waals surface area contributed by atoms with Crippen molar-refractivity contribution in [2.24, 2.45) is 9.98 Å². The van der Waals surface area contributed by atoms with E-state index in [0.29, 0.717) is 5.56 Å². The summed E-state index contributed by atoms with van der Waals surface area (Å²) in [7, 11) is 0. The van der Waals surface area contributed by atoms with Crippen molar-refractivity contribution in [3.8, 4) is 28.3 Å². The summed E-state index contributed by atoms with van der Waals surface area (Å²) in [5.41, 5.74) is 11.8. The summed E-state index contributed by atoms with van der Waals surface area (Å²) in [6, 6.07) is 52.4. The summed E-state index contributed by atoms with van der Waals surface area (Å²) < 4.78 is 0. The summed E-state index contributed by atoms with van der Waals surface area (Å²) >= 11 is 0. The number of nitriles is 1. The molecule has 1 aliphatic heterocycles. The van der Waals surface area contributed by atoms with Crippen molar-refractivity contribution in [3.63, 3.8) is 0 Å². The number of amidine groups is 1. The minimum Gasteiger partial charge on any atom is -0.232 e. The highest BCUT2D eigenvalue weighted by Gasteiger charge is 2.16. The average Bonchev–Trinajstić information content (AvgIpc) is 3.11. The van der Waals surface area contributed by atoms with Gasteiger partial charge in [0.1, 0.15) is 0 Å². The molecule has 0 spiro atoms. The van der Waals surface area contributed by atoms with Crippen LogP contribution in [0.15, 0.2) is 161 Å². The molecule has 0 fully saturated rings. The van der Waals surface area contributed by atoms with Crippen molar-refractivity contribution in [1.29, 1.82) is 5.26 Å². The molecule has 6 aromatic carbocycles. The molecule has 0 N–H and O–H groups in total. The van der Waals surface area contributed by atoms with Gasteiger partial charge in [0.15, 0.2) is 5.84 Å². The first-order valence-corrected chi connectivity index (χ1v) is 15.3. The molecule has 214 valence electrons. The summed E-state index contributed by atoms with van der Waals surface area (Å²) in [4.78, 5) is 10.4. The number of hydrogen-bond acceptors (Lipinski definition) is 3. The van der Waals surface area contributed by atoms with Gasteiger partial charge in [-0.05, 0) is 76.1 Å². The van der Waals surface area contributed by atoms with Crippen LogP contribution in [0.2, 0.25) is 0 Å². The highest BCUT2D eigenvalue weighted by atomic mass is 14.9. The molecule has 3 nitrogen and oxygen atoms in total. The Kier molecular flexibility index (Phi) is 7.71. The molecule has 0 atom stereocenters. The van der Waals surface area contributed by atoms with Gasteiger partial charge in [-0.3, -0.25) is 0 Å². The zero-order chi connectivity index (χ0) is 30.6. The second kappa shape index (κ2) is 12.4. The normalized spacial score (nSPS) is 15.0. The van der Waals surface area contributed by atoms with E-state index >= 15 is 0 Å². The van der Waals surface area contributed by atoms with Gasteiger partial charge in [-0.1, -0.05) is 133 Å². The van der Waals surface area contributed by atoms with Gasteiger partial charge < -0.3 is 0 Å². The minimum atomic E-state index is 0.665. The SMILES string of the molecule is C/C1=C(\c2ccc(-c3ccc(-c4ccc(C#N)cc4)c4ccccc34)cc2)N=C(c2ccccc2)N=C(c2ccccc2)CC1. The molecular formula is C42H31N3. The van der Waals surface area contributed by atoms with E-state index in [1.54, 1.807) is 0 Å². The molecular weight excluding hydrogens is 546 g/mol. The van der Waals surface area contributed by atoms with E-state index in [-0.39, 0.29) is 0 Å². The Morgan fingerprint density at radius 3 is 1.58 bits per heavy atom. The maximum Gasteiger partial charge on any atom is 0.160 e. The second-order valence-electron chi connectivity index (χ2n) is 11.3. The molecule has 0 aromatic heterocycles. The van der Waals surface area contributed by atoms with E-state index in [1.165, 1.54) is 21.9 Å². The van der Waals surface area contributed by atoms with Crippen LogP contribution in [0.3, 0.4) is 0 Å². The molecule has 0 radical (unpaired) electrons. The summed E-state index contributed by atoms with van der Waals surface area (Å²) in [5, 5.41) is 11.6. The summed E-state index contributed by atoms with van der Waals surface area (Å²) in [5.74, 6) is 0.733. The molecule has 1 heterocycles. The number of hydrogen-bond donors (Lipinski definition) is 0. The number of rotatable bonds is 5. The lowest BCUT2D eigenvalue weighted by Gasteiger charge is -2.17. The van der Waals surface area contributed by atoms with E-state index < -0.39 is 0 Å². The highest BCUT2D eigenvalue weighted by molar-refractivity contribution is 6.14. The third-order valence-corrected chi connectivity index (χ3v) is 8.46. The Morgan fingerprint density at radius 2 is 1.00 bits per heavy atom. The molecule has 0 amide bonds. The van der Waals surface area contributed by atoms with E-state index in [9.17, 15) is 5.26 Å². The van der Waals surface area contributed by atoms with Crippen molar-refractivity contribution in [1.82, 2.24) is 0 Å². The average molecular weight is 578 g/mol. The van der Waals surface area contributed by atoms with Gasteiger partial charge in [0.05, 0.1) is 23.0 Å². The molecule has 6 aromatic rings. The van der Waals surface area contributed by atoms with Crippen LogP contribution in [-0.4, -0.2) is 11.5 Å². The van der Waals surface area contributed by atoms with Crippen LogP contribution in [0.5, 0.6) is 0 Å². The first-order chi connectivity index (χ1) is 22.2.